The van der Waals surface area contributed by atoms with Crippen LogP contribution in [0.3, 0.4) is 0 Å². The highest BCUT2D eigenvalue weighted by molar-refractivity contribution is 5.50. The molecule has 1 aliphatic rings. The number of rotatable bonds is 1. The monoisotopic (exact) mass is 154 g/mol. The number of nitrogens with zero attached hydrogens (tertiary/aromatic N) is 1. The summed E-state index contributed by atoms with van der Waals surface area (Å²) in [6, 6.07) is 0. The van der Waals surface area contributed by atoms with Gasteiger partial charge in [0.25, 0.3) is 0 Å². The summed E-state index contributed by atoms with van der Waals surface area (Å²) >= 11 is 0. The Balaban J connectivity index is 2.53. The van der Waals surface area contributed by atoms with E-state index in [2.05, 4.69) is 18.7 Å². The summed E-state index contributed by atoms with van der Waals surface area (Å²) in [7, 11) is 0. The van der Waals surface area contributed by atoms with E-state index in [4.69, 9.17) is 5.41 Å². The minimum absolute atomic E-state index is 0.411. The van der Waals surface area contributed by atoms with E-state index in [-0.39, 0.29) is 0 Å². The van der Waals surface area contributed by atoms with Crippen molar-refractivity contribution in [1.82, 2.24) is 4.90 Å². The van der Waals surface area contributed by atoms with Gasteiger partial charge in [0, 0.05) is 13.1 Å². The molecule has 0 unspecified atom stereocenters. The van der Waals surface area contributed by atoms with Crippen LogP contribution in [-0.2, 0) is 0 Å². The van der Waals surface area contributed by atoms with Gasteiger partial charge in [-0.1, -0.05) is 20.3 Å². The lowest BCUT2D eigenvalue weighted by atomic mass is 9.88. The zero-order valence-electron chi connectivity index (χ0n) is 7.56. The molecule has 0 bridgehead atoms. The van der Waals surface area contributed by atoms with Crippen molar-refractivity contribution in [2.45, 2.75) is 33.1 Å². The summed E-state index contributed by atoms with van der Waals surface area (Å²) in [4.78, 5) is 2.12. The quantitative estimate of drug-likeness (QED) is 0.454. The molecule has 1 fully saturated rings. The molecule has 0 radical (unpaired) electrons. The zero-order chi connectivity index (χ0) is 8.32. The van der Waals surface area contributed by atoms with E-state index in [1.807, 2.05) is 0 Å². The third kappa shape index (κ3) is 2.52. The van der Waals surface area contributed by atoms with E-state index in [9.17, 15) is 0 Å². The minimum atomic E-state index is 0.411. The molecule has 0 saturated carbocycles. The lowest BCUT2D eigenvalue weighted by Gasteiger charge is -2.27. The van der Waals surface area contributed by atoms with Gasteiger partial charge in [-0.15, -0.1) is 0 Å². The smallest absolute Gasteiger partial charge is 0.0817 e. The summed E-state index contributed by atoms with van der Waals surface area (Å²) in [6.45, 7) is 6.70. The van der Waals surface area contributed by atoms with Crippen molar-refractivity contribution >= 4 is 6.34 Å². The molecule has 1 N–H and O–H groups in total. The molecular weight excluding hydrogens is 136 g/mol. The predicted octanol–water partition coefficient (Wildman–Crippen LogP) is 2.11. The Labute approximate surface area is 69.1 Å². The molecule has 1 heterocycles. The summed E-state index contributed by atoms with van der Waals surface area (Å²) in [5.74, 6) is 0. The van der Waals surface area contributed by atoms with Gasteiger partial charge in [-0.05, 0) is 18.3 Å². The van der Waals surface area contributed by atoms with Crippen LogP contribution in [0.25, 0.3) is 0 Å². The Bertz CT molecular complexity index is 140. The van der Waals surface area contributed by atoms with Gasteiger partial charge in [0.05, 0.1) is 6.34 Å². The van der Waals surface area contributed by atoms with Crippen LogP contribution in [0.5, 0.6) is 0 Å². The van der Waals surface area contributed by atoms with Crippen LogP contribution in [0.2, 0.25) is 0 Å². The first kappa shape index (κ1) is 8.57. The molecule has 11 heavy (non-hydrogen) atoms. The van der Waals surface area contributed by atoms with Crippen LogP contribution in [0.15, 0.2) is 0 Å². The van der Waals surface area contributed by atoms with E-state index in [1.165, 1.54) is 25.6 Å². The second kappa shape index (κ2) is 3.24. The second-order valence-corrected chi connectivity index (χ2v) is 4.22. The first-order chi connectivity index (χ1) is 5.14. The van der Waals surface area contributed by atoms with Crippen molar-refractivity contribution in [3.63, 3.8) is 0 Å². The maximum Gasteiger partial charge on any atom is 0.0817 e. The summed E-state index contributed by atoms with van der Waals surface area (Å²) in [6.07, 6.45) is 5.35. The molecule has 0 amide bonds. The molecule has 0 spiro atoms. The Morgan fingerprint density at radius 2 is 2.09 bits per heavy atom. The molecule has 0 aromatic rings. The average Bonchev–Trinajstić information content (AvgIpc) is 2.10. The van der Waals surface area contributed by atoms with E-state index in [0.717, 1.165) is 13.1 Å². The van der Waals surface area contributed by atoms with Gasteiger partial charge in [0.1, 0.15) is 0 Å². The topological polar surface area (TPSA) is 27.1 Å². The largest absolute Gasteiger partial charge is 0.363 e. The van der Waals surface area contributed by atoms with Crippen LogP contribution < -0.4 is 0 Å². The first-order valence-electron chi connectivity index (χ1n) is 4.39. The maximum absolute atomic E-state index is 7.17. The Morgan fingerprint density at radius 3 is 2.73 bits per heavy atom. The van der Waals surface area contributed by atoms with Gasteiger partial charge in [-0.2, -0.15) is 0 Å². The first-order valence-corrected chi connectivity index (χ1v) is 4.39. The van der Waals surface area contributed by atoms with E-state index in [0.29, 0.717) is 5.41 Å². The standard InChI is InChI=1S/C9H18N2/c1-9(2)5-3-4-6-11(7-9)8-10/h8,10H,3-7H2,1-2H3. The summed E-state index contributed by atoms with van der Waals surface area (Å²) in [5.41, 5.74) is 0.411. The van der Waals surface area contributed by atoms with Crippen LogP contribution in [0.1, 0.15) is 33.1 Å². The summed E-state index contributed by atoms with van der Waals surface area (Å²) < 4.78 is 0. The number of hydrogen-bond acceptors (Lipinski definition) is 1. The lowest BCUT2D eigenvalue weighted by molar-refractivity contribution is 0.271. The van der Waals surface area contributed by atoms with Crippen molar-refractivity contribution in [2.75, 3.05) is 13.1 Å². The third-order valence-electron chi connectivity index (χ3n) is 2.36. The van der Waals surface area contributed by atoms with Gasteiger partial charge in [-0.25, -0.2) is 0 Å². The van der Waals surface area contributed by atoms with E-state index < -0.39 is 0 Å². The highest BCUT2D eigenvalue weighted by Crippen LogP contribution is 2.26. The molecule has 2 nitrogen and oxygen atoms in total. The number of likely N-dealkylation sites (tertiary alicyclic amines) is 1. The van der Waals surface area contributed by atoms with Crippen LogP contribution in [-0.4, -0.2) is 24.3 Å². The van der Waals surface area contributed by atoms with Crippen molar-refractivity contribution < 1.29 is 0 Å². The molecule has 0 atom stereocenters. The van der Waals surface area contributed by atoms with E-state index >= 15 is 0 Å². The Morgan fingerprint density at radius 1 is 1.36 bits per heavy atom. The van der Waals surface area contributed by atoms with Gasteiger partial charge < -0.3 is 4.90 Å². The van der Waals surface area contributed by atoms with Gasteiger partial charge >= 0.3 is 0 Å². The van der Waals surface area contributed by atoms with Gasteiger partial charge in [-0.3, -0.25) is 5.41 Å². The molecule has 0 aliphatic carbocycles. The average molecular weight is 154 g/mol. The van der Waals surface area contributed by atoms with Crippen molar-refractivity contribution in [2.24, 2.45) is 5.41 Å². The number of nitrogens with one attached hydrogen (secondary N) is 1. The molecule has 1 rings (SSSR count). The van der Waals surface area contributed by atoms with Gasteiger partial charge in [0.15, 0.2) is 0 Å². The van der Waals surface area contributed by atoms with E-state index in [1.54, 1.807) is 0 Å². The molecule has 2 heteroatoms. The fourth-order valence-corrected chi connectivity index (χ4v) is 1.74. The molecular formula is C9H18N2. The van der Waals surface area contributed by atoms with Crippen molar-refractivity contribution in [3.05, 3.63) is 0 Å². The predicted molar refractivity (Wildman–Crippen MR) is 48.0 cm³/mol. The highest BCUT2D eigenvalue weighted by Gasteiger charge is 2.22. The van der Waals surface area contributed by atoms with Gasteiger partial charge in [0.2, 0.25) is 0 Å². The Kier molecular flexibility index (Phi) is 2.53. The van der Waals surface area contributed by atoms with Crippen LogP contribution >= 0.6 is 0 Å². The molecule has 1 saturated heterocycles. The van der Waals surface area contributed by atoms with Crippen molar-refractivity contribution in [3.8, 4) is 0 Å². The molecule has 0 aromatic carbocycles. The molecule has 64 valence electrons. The normalized spacial score (nSPS) is 24.4. The SMILES string of the molecule is CC1(C)CCCCN(C=N)C1. The number of hydrogen-bond donors (Lipinski definition) is 1. The molecule has 1 aliphatic heterocycles. The third-order valence-corrected chi connectivity index (χ3v) is 2.36. The lowest BCUT2D eigenvalue weighted by Crippen LogP contribution is -2.31. The fraction of sp³-hybridized carbons (Fsp3) is 0.889. The molecule has 0 aromatic heterocycles. The maximum atomic E-state index is 7.17. The second-order valence-electron chi connectivity index (χ2n) is 4.22. The fourth-order valence-electron chi connectivity index (χ4n) is 1.74. The minimum Gasteiger partial charge on any atom is -0.363 e. The highest BCUT2D eigenvalue weighted by atomic mass is 15.1. The Hall–Kier alpha value is -0.530. The van der Waals surface area contributed by atoms with Crippen LogP contribution in [0, 0.1) is 10.8 Å². The van der Waals surface area contributed by atoms with Crippen LogP contribution in [0.4, 0.5) is 0 Å². The van der Waals surface area contributed by atoms with Crippen molar-refractivity contribution in [1.29, 1.82) is 5.41 Å². The zero-order valence-corrected chi connectivity index (χ0v) is 7.56. The summed E-state index contributed by atoms with van der Waals surface area (Å²) in [5, 5.41) is 7.17.